The van der Waals surface area contributed by atoms with Gasteiger partial charge in [-0.2, -0.15) is 11.8 Å². The van der Waals surface area contributed by atoms with Crippen LogP contribution in [0.3, 0.4) is 0 Å². The SMILES string of the molecule is CC1CCC(NC(=O)CCCC[C@@H]2SC[C@@H]3NC(=O)N[C@@H]32)(C(=O)O)CC1. The Hall–Kier alpha value is -1.44. The van der Waals surface area contributed by atoms with Crippen LogP contribution in [0.5, 0.6) is 0 Å². The highest BCUT2D eigenvalue weighted by Gasteiger charge is 2.43. The van der Waals surface area contributed by atoms with E-state index in [9.17, 15) is 19.5 Å². The molecule has 7 nitrogen and oxygen atoms in total. The Labute approximate surface area is 158 Å². The van der Waals surface area contributed by atoms with Gasteiger partial charge in [0.05, 0.1) is 12.1 Å². The molecule has 1 aliphatic carbocycles. The third-order valence-corrected chi connectivity index (χ3v) is 7.51. The summed E-state index contributed by atoms with van der Waals surface area (Å²) in [6.07, 6.45) is 5.69. The fraction of sp³-hybridized carbons (Fsp3) is 0.833. The van der Waals surface area contributed by atoms with Gasteiger partial charge in [-0.05, 0) is 44.4 Å². The van der Waals surface area contributed by atoms with Crippen LogP contribution in [-0.4, -0.2) is 51.6 Å². The predicted octanol–water partition coefficient (Wildman–Crippen LogP) is 1.86. The van der Waals surface area contributed by atoms with Gasteiger partial charge in [0, 0.05) is 17.4 Å². The van der Waals surface area contributed by atoms with Crippen LogP contribution >= 0.6 is 11.8 Å². The van der Waals surface area contributed by atoms with Crippen LogP contribution in [0.2, 0.25) is 0 Å². The van der Waals surface area contributed by atoms with E-state index in [1.165, 1.54) is 0 Å². The van der Waals surface area contributed by atoms with E-state index < -0.39 is 11.5 Å². The summed E-state index contributed by atoms with van der Waals surface area (Å²) in [6.45, 7) is 2.13. The number of hydrogen-bond acceptors (Lipinski definition) is 4. The fourth-order valence-corrected chi connectivity index (χ4v) is 5.79. The van der Waals surface area contributed by atoms with Crippen molar-refractivity contribution < 1.29 is 19.5 Å². The van der Waals surface area contributed by atoms with E-state index in [0.717, 1.165) is 37.9 Å². The van der Waals surface area contributed by atoms with E-state index in [4.69, 9.17) is 0 Å². The topological polar surface area (TPSA) is 108 Å². The van der Waals surface area contributed by atoms with Crippen LogP contribution in [0.1, 0.15) is 58.3 Å². The van der Waals surface area contributed by atoms with Crippen molar-refractivity contribution in [1.82, 2.24) is 16.0 Å². The molecule has 3 atom stereocenters. The van der Waals surface area contributed by atoms with Crippen LogP contribution < -0.4 is 16.0 Å². The summed E-state index contributed by atoms with van der Waals surface area (Å²) in [4.78, 5) is 35.4. The van der Waals surface area contributed by atoms with E-state index in [-0.39, 0.29) is 24.0 Å². The predicted molar refractivity (Wildman–Crippen MR) is 100 cm³/mol. The molecule has 8 heteroatoms. The maximum absolute atomic E-state index is 12.3. The largest absolute Gasteiger partial charge is 0.480 e. The number of hydrogen-bond donors (Lipinski definition) is 4. The third kappa shape index (κ3) is 4.27. The van der Waals surface area contributed by atoms with E-state index in [1.807, 2.05) is 11.8 Å². The molecule has 3 rings (SSSR count). The zero-order valence-corrected chi connectivity index (χ0v) is 16.1. The van der Waals surface area contributed by atoms with Gasteiger partial charge in [-0.15, -0.1) is 0 Å². The number of carbonyl (C=O) groups is 3. The quantitative estimate of drug-likeness (QED) is 0.396. The van der Waals surface area contributed by atoms with Gasteiger partial charge in [-0.25, -0.2) is 9.59 Å². The minimum absolute atomic E-state index is 0.0783. The highest BCUT2D eigenvalue weighted by Crippen LogP contribution is 2.34. The van der Waals surface area contributed by atoms with E-state index in [0.29, 0.717) is 30.4 Å². The molecule has 2 aliphatic heterocycles. The second-order valence-electron chi connectivity index (χ2n) is 7.99. The lowest BCUT2D eigenvalue weighted by Gasteiger charge is -2.36. The molecule has 0 aromatic rings. The summed E-state index contributed by atoms with van der Waals surface area (Å²) in [5.74, 6) is 0.400. The van der Waals surface area contributed by atoms with Crippen molar-refractivity contribution in [1.29, 1.82) is 0 Å². The summed E-state index contributed by atoms with van der Waals surface area (Å²) in [5.41, 5.74) is -1.07. The van der Waals surface area contributed by atoms with E-state index in [2.05, 4.69) is 22.9 Å². The molecule has 3 aliphatic rings. The lowest BCUT2D eigenvalue weighted by molar-refractivity contribution is -0.149. The van der Waals surface area contributed by atoms with Gasteiger partial charge in [0.1, 0.15) is 5.54 Å². The number of carboxylic acid groups (broad SMARTS) is 1. The summed E-state index contributed by atoms with van der Waals surface area (Å²) in [7, 11) is 0. The van der Waals surface area contributed by atoms with Crippen molar-refractivity contribution in [3.8, 4) is 0 Å². The van der Waals surface area contributed by atoms with Crippen LogP contribution in [-0.2, 0) is 9.59 Å². The third-order valence-electron chi connectivity index (χ3n) is 6.00. The number of unbranched alkanes of at least 4 members (excludes halogenated alkanes) is 1. The Balaban J connectivity index is 1.39. The number of nitrogens with one attached hydrogen (secondary N) is 3. The van der Waals surface area contributed by atoms with Crippen molar-refractivity contribution in [2.75, 3.05) is 5.75 Å². The summed E-state index contributed by atoms with van der Waals surface area (Å²) in [6, 6.07) is 0.344. The molecule has 26 heavy (non-hydrogen) atoms. The smallest absolute Gasteiger partial charge is 0.329 e. The minimum Gasteiger partial charge on any atom is -0.480 e. The average molecular weight is 384 g/mol. The van der Waals surface area contributed by atoms with Crippen LogP contribution in [0, 0.1) is 5.92 Å². The molecular weight excluding hydrogens is 354 g/mol. The van der Waals surface area contributed by atoms with Gasteiger partial charge < -0.3 is 21.1 Å². The maximum Gasteiger partial charge on any atom is 0.329 e. The van der Waals surface area contributed by atoms with Gasteiger partial charge in [0.25, 0.3) is 0 Å². The number of urea groups is 1. The van der Waals surface area contributed by atoms with Gasteiger partial charge >= 0.3 is 12.0 Å². The first-order valence-corrected chi connectivity index (χ1v) is 10.7. The Kier molecular flexibility index (Phi) is 5.99. The van der Waals surface area contributed by atoms with Crippen LogP contribution in [0.15, 0.2) is 0 Å². The monoisotopic (exact) mass is 383 g/mol. The van der Waals surface area contributed by atoms with Crippen molar-refractivity contribution in [2.45, 2.75) is 81.2 Å². The second-order valence-corrected chi connectivity index (χ2v) is 9.26. The van der Waals surface area contributed by atoms with Crippen molar-refractivity contribution in [3.63, 3.8) is 0 Å². The molecule has 2 saturated heterocycles. The Morgan fingerprint density at radius 1 is 1.27 bits per heavy atom. The van der Waals surface area contributed by atoms with Gasteiger partial charge in [-0.1, -0.05) is 13.3 Å². The van der Waals surface area contributed by atoms with E-state index in [1.54, 1.807) is 0 Å². The summed E-state index contributed by atoms with van der Waals surface area (Å²) < 4.78 is 0. The normalized spacial score (nSPS) is 36.1. The standard InChI is InChI=1S/C18H29N3O4S/c1-11-6-8-18(9-7-11,16(23)24)21-14(22)5-3-2-4-13-15-12(10-26-13)19-17(25)20-15/h11-13,15H,2-10H2,1H3,(H,21,22)(H,23,24)(H2,19,20,25)/t11?,12-,13-,15-,18?/m0/s1. The highest BCUT2D eigenvalue weighted by molar-refractivity contribution is 8.00. The molecule has 146 valence electrons. The molecule has 0 unspecified atom stereocenters. The molecule has 4 N–H and O–H groups in total. The van der Waals surface area contributed by atoms with Gasteiger partial charge in [0.15, 0.2) is 0 Å². The lowest BCUT2D eigenvalue weighted by Crippen LogP contribution is -2.56. The number of fused-ring (bicyclic) bond motifs is 1. The Morgan fingerprint density at radius 3 is 2.69 bits per heavy atom. The first kappa shape index (κ1) is 19.3. The molecule has 3 fully saturated rings. The first-order valence-electron chi connectivity index (χ1n) is 9.63. The average Bonchev–Trinajstić information content (AvgIpc) is 3.13. The Bertz CT molecular complexity index is 563. The van der Waals surface area contributed by atoms with Gasteiger partial charge in [0.2, 0.25) is 5.91 Å². The number of carbonyl (C=O) groups excluding carboxylic acids is 2. The van der Waals surface area contributed by atoms with Crippen molar-refractivity contribution in [3.05, 3.63) is 0 Å². The maximum atomic E-state index is 12.3. The summed E-state index contributed by atoms with van der Waals surface area (Å²) >= 11 is 1.87. The zero-order valence-electron chi connectivity index (χ0n) is 15.3. The van der Waals surface area contributed by atoms with Crippen molar-refractivity contribution >= 4 is 29.7 Å². The van der Waals surface area contributed by atoms with Crippen molar-refractivity contribution in [2.24, 2.45) is 5.92 Å². The fourth-order valence-electron chi connectivity index (χ4n) is 4.25. The Morgan fingerprint density at radius 2 is 2.00 bits per heavy atom. The van der Waals surface area contributed by atoms with Crippen LogP contribution in [0.4, 0.5) is 4.79 Å². The molecule has 2 heterocycles. The number of amides is 3. The van der Waals surface area contributed by atoms with E-state index >= 15 is 0 Å². The molecule has 0 spiro atoms. The van der Waals surface area contributed by atoms with Crippen LogP contribution in [0.25, 0.3) is 0 Å². The first-order chi connectivity index (χ1) is 12.4. The molecule has 0 aromatic heterocycles. The summed E-state index contributed by atoms with van der Waals surface area (Å²) in [5, 5.41) is 18.7. The molecule has 0 radical (unpaired) electrons. The zero-order chi connectivity index (χ0) is 18.7. The molecule has 0 aromatic carbocycles. The van der Waals surface area contributed by atoms with Gasteiger partial charge in [-0.3, -0.25) is 4.79 Å². The number of aliphatic carboxylic acids is 1. The minimum atomic E-state index is -1.07. The second kappa shape index (κ2) is 8.06. The molecular formula is C18H29N3O4S. The highest BCUT2D eigenvalue weighted by atomic mass is 32.2. The number of rotatable bonds is 7. The number of thioether (sulfide) groups is 1. The number of carboxylic acids is 1. The lowest BCUT2D eigenvalue weighted by atomic mass is 9.77. The molecule has 3 amide bonds. The molecule has 0 bridgehead atoms. The molecule has 1 saturated carbocycles.